The van der Waals surface area contributed by atoms with Gasteiger partial charge < -0.3 is 10.1 Å². The van der Waals surface area contributed by atoms with Crippen molar-refractivity contribution < 1.29 is 9.13 Å². The van der Waals surface area contributed by atoms with Crippen LogP contribution in [0.3, 0.4) is 0 Å². The first kappa shape index (κ1) is 14.1. The summed E-state index contributed by atoms with van der Waals surface area (Å²) in [5.41, 5.74) is 2.57. The first-order valence-corrected chi connectivity index (χ1v) is 6.19. The van der Waals surface area contributed by atoms with Crippen LogP contribution in [0.2, 0.25) is 0 Å². The Kier molecular flexibility index (Phi) is 6.16. The molecular weight excluding hydrogens is 217 g/mol. The predicted molar refractivity (Wildman–Crippen MR) is 68.7 cm³/mol. The van der Waals surface area contributed by atoms with Gasteiger partial charge in [-0.3, -0.25) is 0 Å². The lowest BCUT2D eigenvalue weighted by Crippen LogP contribution is -2.16. The summed E-state index contributed by atoms with van der Waals surface area (Å²) in [5, 5.41) is 3.33. The van der Waals surface area contributed by atoms with E-state index in [0.717, 1.165) is 49.4 Å². The summed E-state index contributed by atoms with van der Waals surface area (Å²) in [6, 6.07) is 3.80. The van der Waals surface area contributed by atoms with Gasteiger partial charge in [0.15, 0.2) is 0 Å². The molecule has 2 nitrogen and oxygen atoms in total. The number of halogens is 1. The van der Waals surface area contributed by atoms with Crippen molar-refractivity contribution >= 4 is 0 Å². The third kappa shape index (κ3) is 4.84. The Labute approximate surface area is 103 Å². The summed E-state index contributed by atoms with van der Waals surface area (Å²) in [6.45, 7) is 8.89. The van der Waals surface area contributed by atoms with E-state index in [1.165, 1.54) is 0 Å². The molecule has 1 rings (SSSR count). The molecule has 96 valence electrons. The number of hydrogen-bond donors (Lipinski definition) is 1. The molecule has 0 bridgehead atoms. The largest absolute Gasteiger partial charge is 0.382 e. The third-order valence-electron chi connectivity index (χ3n) is 2.67. The fourth-order valence-corrected chi connectivity index (χ4v) is 1.81. The van der Waals surface area contributed by atoms with E-state index in [-0.39, 0.29) is 5.82 Å². The summed E-state index contributed by atoms with van der Waals surface area (Å²) in [6.07, 6.45) is 1.01. The zero-order valence-corrected chi connectivity index (χ0v) is 11.0. The number of aryl methyl sites for hydroxylation is 2. The van der Waals surface area contributed by atoms with E-state index in [2.05, 4.69) is 5.32 Å². The molecular formula is C14H22FNO. The van der Waals surface area contributed by atoms with Crippen molar-refractivity contribution in [2.24, 2.45) is 0 Å². The average molecular weight is 239 g/mol. The van der Waals surface area contributed by atoms with Crippen molar-refractivity contribution in [1.82, 2.24) is 5.32 Å². The summed E-state index contributed by atoms with van der Waals surface area (Å²) < 4.78 is 18.7. The topological polar surface area (TPSA) is 21.3 Å². The van der Waals surface area contributed by atoms with Crippen LogP contribution < -0.4 is 5.32 Å². The lowest BCUT2D eigenvalue weighted by molar-refractivity contribution is 0.144. The lowest BCUT2D eigenvalue weighted by Gasteiger charge is -2.08. The molecule has 1 aromatic carbocycles. The van der Waals surface area contributed by atoms with Gasteiger partial charge in [0.25, 0.3) is 0 Å². The number of nitrogens with one attached hydrogen (secondary N) is 1. The zero-order valence-electron chi connectivity index (χ0n) is 11.0. The molecule has 0 atom stereocenters. The Bertz CT molecular complexity index is 329. The van der Waals surface area contributed by atoms with Gasteiger partial charge in [0, 0.05) is 19.8 Å². The van der Waals surface area contributed by atoms with E-state index in [1.807, 2.05) is 19.1 Å². The summed E-state index contributed by atoms with van der Waals surface area (Å²) in [5.74, 6) is -0.0925. The van der Waals surface area contributed by atoms with Crippen LogP contribution in [0, 0.1) is 19.7 Å². The van der Waals surface area contributed by atoms with Gasteiger partial charge in [-0.2, -0.15) is 0 Å². The Morgan fingerprint density at radius 1 is 1.24 bits per heavy atom. The molecule has 0 unspecified atom stereocenters. The van der Waals surface area contributed by atoms with Crippen LogP contribution in [0.5, 0.6) is 0 Å². The van der Waals surface area contributed by atoms with Crippen LogP contribution >= 0.6 is 0 Å². The van der Waals surface area contributed by atoms with Crippen molar-refractivity contribution in [2.45, 2.75) is 33.7 Å². The molecule has 1 aromatic rings. The summed E-state index contributed by atoms with van der Waals surface area (Å²) in [4.78, 5) is 0. The zero-order chi connectivity index (χ0) is 12.7. The fraction of sp³-hybridized carbons (Fsp3) is 0.571. The van der Waals surface area contributed by atoms with Crippen molar-refractivity contribution in [3.05, 3.63) is 34.6 Å². The highest BCUT2D eigenvalue weighted by atomic mass is 19.1. The van der Waals surface area contributed by atoms with E-state index in [4.69, 9.17) is 4.74 Å². The van der Waals surface area contributed by atoms with Crippen molar-refractivity contribution in [2.75, 3.05) is 19.8 Å². The minimum Gasteiger partial charge on any atom is -0.382 e. The van der Waals surface area contributed by atoms with Gasteiger partial charge in [-0.1, -0.05) is 12.1 Å². The summed E-state index contributed by atoms with van der Waals surface area (Å²) >= 11 is 0. The van der Waals surface area contributed by atoms with Gasteiger partial charge in [0.1, 0.15) is 5.82 Å². The highest BCUT2D eigenvalue weighted by molar-refractivity contribution is 5.30. The highest BCUT2D eigenvalue weighted by Crippen LogP contribution is 2.14. The van der Waals surface area contributed by atoms with E-state index in [0.29, 0.717) is 0 Å². The highest BCUT2D eigenvalue weighted by Gasteiger charge is 2.03. The molecule has 0 saturated carbocycles. The molecule has 0 aliphatic carbocycles. The second-order valence-corrected chi connectivity index (χ2v) is 4.27. The predicted octanol–water partition coefficient (Wildman–Crippen LogP) is 2.96. The van der Waals surface area contributed by atoms with Gasteiger partial charge in [-0.25, -0.2) is 4.39 Å². The van der Waals surface area contributed by atoms with Gasteiger partial charge in [-0.15, -0.1) is 0 Å². The van der Waals surface area contributed by atoms with Gasteiger partial charge in [-0.05, 0) is 50.4 Å². The maximum atomic E-state index is 13.4. The summed E-state index contributed by atoms with van der Waals surface area (Å²) in [7, 11) is 0. The molecule has 0 heterocycles. The van der Waals surface area contributed by atoms with E-state index < -0.39 is 0 Å². The number of benzene rings is 1. The number of ether oxygens (including phenoxy) is 1. The third-order valence-corrected chi connectivity index (χ3v) is 2.67. The molecule has 0 saturated heterocycles. The van der Waals surface area contributed by atoms with Crippen LogP contribution in [0.1, 0.15) is 30.0 Å². The second kappa shape index (κ2) is 7.41. The molecule has 0 aromatic heterocycles. The molecule has 0 spiro atoms. The fourth-order valence-electron chi connectivity index (χ4n) is 1.81. The van der Waals surface area contributed by atoms with Crippen LogP contribution in [-0.2, 0) is 11.3 Å². The van der Waals surface area contributed by atoms with Gasteiger partial charge in [0.2, 0.25) is 0 Å². The van der Waals surface area contributed by atoms with E-state index in [9.17, 15) is 4.39 Å². The molecule has 3 heteroatoms. The molecule has 17 heavy (non-hydrogen) atoms. The first-order valence-electron chi connectivity index (χ1n) is 6.19. The smallest absolute Gasteiger partial charge is 0.129 e. The monoisotopic (exact) mass is 239 g/mol. The minimum absolute atomic E-state index is 0.0925. The van der Waals surface area contributed by atoms with E-state index >= 15 is 0 Å². The van der Waals surface area contributed by atoms with Crippen LogP contribution in [0.15, 0.2) is 12.1 Å². The second-order valence-electron chi connectivity index (χ2n) is 4.27. The maximum absolute atomic E-state index is 13.4. The number of rotatable bonds is 7. The molecule has 0 fully saturated rings. The Balaban J connectivity index is 2.32. The minimum atomic E-state index is -0.0925. The SMILES string of the molecule is CCOCCCNCc1cc(C)c(F)c(C)c1. The lowest BCUT2D eigenvalue weighted by atomic mass is 10.1. The molecule has 0 aliphatic heterocycles. The molecule has 0 aliphatic rings. The Morgan fingerprint density at radius 2 is 1.88 bits per heavy atom. The van der Waals surface area contributed by atoms with Crippen LogP contribution in [0.4, 0.5) is 4.39 Å². The maximum Gasteiger partial charge on any atom is 0.129 e. The molecule has 1 N–H and O–H groups in total. The number of hydrogen-bond acceptors (Lipinski definition) is 2. The first-order chi connectivity index (χ1) is 8.15. The van der Waals surface area contributed by atoms with Crippen molar-refractivity contribution in [3.63, 3.8) is 0 Å². The normalized spacial score (nSPS) is 10.8. The van der Waals surface area contributed by atoms with E-state index in [1.54, 1.807) is 13.8 Å². The molecule has 0 radical (unpaired) electrons. The van der Waals surface area contributed by atoms with Crippen LogP contribution in [0.25, 0.3) is 0 Å². The van der Waals surface area contributed by atoms with Crippen LogP contribution in [-0.4, -0.2) is 19.8 Å². The van der Waals surface area contributed by atoms with Crippen molar-refractivity contribution in [1.29, 1.82) is 0 Å². The quantitative estimate of drug-likeness (QED) is 0.739. The Morgan fingerprint density at radius 3 is 2.47 bits per heavy atom. The van der Waals surface area contributed by atoms with Gasteiger partial charge >= 0.3 is 0 Å². The van der Waals surface area contributed by atoms with Crippen molar-refractivity contribution in [3.8, 4) is 0 Å². The Hall–Kier alpha value is -0.930. The molecule has 0 amide bonds. The standard InChI is InChI=1S/C14H22FNO/c1-4-17-7-5-6-16-10-13-8-11(2)14(15)12(3)9-13/h8-9,16H,4-7,10H2,1-3H3. The average Bonchev–Trinajstić information content (AvgIpc) is 2.30. The van der Waals surface area contributed by atoms with Gasteiger partial charge in [0.05, 0.1) is 0 Å².